The van der Waals surface area contributed by atoms with Crippen LogP contribution in [0.5, 0.6) is 0 Å². The first kappa shape index (κ1) is 14.3. The Hall–Kier alpha value is -0.120. The van der Waals surface area contributed by atoms with Crippen LogP contribution in [0.3, 0.4) is 0 Å². The van der Waals surface area contributed by atoms with Crippen molar-refractivity contribution in [2.75, 3.05) is 33.8 Å². The van der Waals surface area contributed by atoms with Crippen molar-refractivity contribution in [1.29, 1.82) is 0 Å². The lowest BCUT2D eigenvalue weighted by atomic mass is 9.89. The van der Waals surface area contributed by atoms with Crippen molar-refractivity contribution in [2.45, 2.75) is 63.0 Å². The van der Waals surface area contributed by atoms with Crippen LogP contribution in [0.25, 0.3) is 0 Å². The molecule has 1 heterocycles. The lowest BCUT2D eigenvalue weighted by Crippen LogP contribution is -2.45. The summed E-state index contributed by atoms with van der Waals surface area (Å²) in [6, 6.07) is 0.705. The summed E-state index contributed by atoms with van der Waals surface area (Å²) in [6.07, 6.45) is 10.4. The van der Waals surface area contributed by atoms with Crippen molar-refractivity contribution in [3.05, 3.63) is 0 Å². The lowest BCUT2D eigenvalue weighted by Gasteiger charge is -2.38. The molecule has 0 amide bonds. The van der Waals surface area contributed by atoms with Crippen LogP contribution in [-0.4, -0.2) is 50.3 Å². The molecule has 1 saturated carbocycles. The van der Waals surface area contributed by atoms with Crippen molar-refractivity contribution < 1.29 is 4.74 Å². The van der Waals surface area contributed by atoms with Crippen LogP contribution in [0.1, 0.15) is 51.4 Å². The SMILES string of the molecule is CN(C)CCCCNC1CCOC2(CCCC2)C1. The second-order valence-electron chi connectivity index (χ2n) is 6.39. The highest BCUT2D eigenvalue weighted by atomic mass is 16.5. The van der Waals surface area contributed by atoms with Gasteiger partial charge in [0, 0.05) is 12.6 Å². The average molecular weight is 254 g/mol. The number of ether oxygens (including phenoxy) is 1. The van der Waals surface area contributed by atoms with Crippen LogP contribution in [0, 0.1) is 0 Å². The molecule has 1 atom stereocenters. The molecule has 1 aliphatic carbocycles. The molecule has 0 radical (unpaired) electrons. The second-order valence-corrected chi connectivity index (χ2v) is 6.39. The molecule has 106 valence electrons. The normalized spacial score (nSPS) is 27.2. The molecule has 3 heteroatoms. The molecule has 18 heavy (non-hydrogen) atoms. The average Bonchev–Trinajstić information content (AvgIpc) is 2.76. The first-order valence-electron chi connectivity index (χ1n) is 7.72. The summed E-state index contributed by atoms with van der Waals surface area (Å²) in [5, 5.41) is 3.75. The molecular formula is C15H30N2O. The summed E-state index contributed by atoms with van der Waals surface area (Å²) >= 11 is 0. The van der Waals surface area contributed by atoms with Gasteiger partial charge < -0.3 is 15.0 Å². The maximum Gasteiger partial charge on any atom is 0.0697 e. The molecule has 0 aromatic heterocycles. The Morgan fingerprint density at radius 3 is 2.72 bits per heavy atom. The minimum Gasteiger partial charge on any atom is -0.375 e. The van der Waals surface area contributed by atoms with Crippen molar-refractivity contribution >= 4 is 0 Å². The molecule has 3 nitrogen and oxygen atoms in total. The Labute approximate surface area is 112 Å². The first-order chi connectivity index (χ1) is 8.70. The molecule has 2 fully saturated rings. The third kappa shape index (κ3) is 4.22. The van der Waals surface area contributed by atoms with E-state index in [2.05, 4.69) is 24.3 Å². The van der Waals surface area contributed by atoms with Gasteiger partial charge in [0.1, 0.15) is 0 Å². The maximum atomic E-state index is 6.07. The van der Waals surface area contributed by atoms with Gasteiger partial charge in [-0.3, -0.25) is 0 Å². The van der Waals surface area contributed by atoms with E-state index in [1.54, 1.807) is 0 Å². The predicted octanol–water partition coefficient (Wildman–Crippen LogP) is 2.41. The second kappa shape index (κ2) is 6.88. The monoisotopic (exact) mass is 254 g/mol. The van der Waals surface area contributed by atoms with Crippen LogP contribution in [-0.2, 0) is 4.74 Å². The Kier molecular flexibility index (Phi) is 5.46. The third-order valence-corrected chi connectivity index (χ3v) is 4.47. The van der Waals surface area contributed by atoms with Crippen LogP contribution < -0.4 is 5.32 Å². The number of unbranched alkanes of at least 4 members (excludes halogenated alkanes) is 1. The van der Waals surface area contributed by atoms with Crippen molar-refractivity contribution in [3.63, 3.8) is 0 Å². The van der Waals surface area contributed by atoms with Crippen LogP contribution in [0.4, 0.5) is 0 Å². The van der Waals surface area contributed by atoms with E-state index in [4.69, 9.17) is 4.74 Å². The van der Waals surface area contributed by atoms with Gasteiger partial charge in [-0.25, -0.2) is 0 Å². The standard InChI is InChI=1S/C15H30N2O/c1-17(2)11-6-5-10-16-14-7-12-18-15(13-14)8-3-4-9-15/h14,16H,3-13H2,1-2H3. The van der Waals surface area contributed by atoms with Crippen LogP contribution in [0.15, 0.2) is 0 Å². The van der Waals surface area contributed by atoms with Gasteiger partial charge in [0.25, 0.3) is 0 Å². The van der Waals surface area contributed by atoms with E-state index in [-0.39, 0.29) is 5.60 Å². The van der Waals surface area contributed by atoms with Gasteiger partial charge in [-0.2, -0.15) is 0 Å². The topological polar surface area (TPSA) is 24.5 Å². The van der Waals surface area contributed by atoms with E-state index in [1.807, 2.05) is 0 Å². The fourth-order valence-corrected chi connectivity index (χ4v) is 3.43. The number of hydrogen-bond donors (Lipinski definition) is 1. The van der Waals surface area contributed by atoms with Crippen LogP contribution in [0.2, 0.25) is 0 Å². The smallest absolute Gasteiger partial charge is 0.0697 e. The summed E-state index contributed by atoms with van der Waals surface area (Å²) in [5.74, 6) is 0. The van der Waals surface area contributed by atoms with Gasteiger partial charge in [-0.1, -0.05) is 12.8 Å². The number of hydrogen-bond acceptors (Lipinski definition) is 3. The fraction of sp³-hybridized carbons (Fsp3) is 1.00. The Balaban J connectivity index is 1.61. The van der Waals surface area contributed by atoms with E-state index in [0.717, 1.165) is 6.61 Å². The minimum atomic E-state index is 0.263. The van der Waals surface area contributed by atoms with Gasteiger partial charge in [0.2, 0.25) is 0 Å². The van der Waals surface area contributed by atoms with Gasteiger partial charge in [-0.15, -0.1) is 0 Å². The van der Waals surface area contributed by atoms with E-state index >= 15 is 0 Å². The van der Waals surface area contributed by atoms with E-state index in [9.17, 15) is 0 Å². The Bertz CT molecular complexity index is 237. The Morgan fingerprint density at radius 2 is 2.00 bits per heavy atom. The molecular weight excluding hydrogens is 224 g/mol. The summed E-state index contributed by atoms with van der Waals surface area (Å²) < 4.78 is 6.07. The predicted molar refractivity (Wildman–Crippen MR) is 76.0 cm³/mol. The summed E-state index contributed by atoms with van der Waals surface area (Å²) in [6.45, 7) is 3.35. The number of rotatable bonds is 6. The molecule has 0 aromatic carbocycles. The molecule has 1 spiro atoms. The largest absolute Gasteiger partial charge is 0.375 e. The highest BCUT2D eigenvalue weighted by Crippen LogP contribution is 2.39. The molecule has 1 saturated heterocycles. The molecule has 1 N–H and O–H groups in total. The minimum absolute atomic E-state index is 0.263. The molecule has 2 rings (SSSR count). The molecule has 0 aromatic rings. The highest BCUT2D eigenvalue weighted by molar-refractivity contribution is 4.93. The zero-order valence-corrected chi connectivity index (χ0v) is 12.2. The van der Waals surface area contributed by atoms with Crippen LogP contribution >= 0.6 is 0 Å². The third-order valence-electron chi connectivity index (χ3n) is 4.47. The lowest BCUT2D eigenvalue weighted by molar-refractivity contribution is -0.0835. The first-order valence-corrected chi connectivity index (χ1v) is 7.72. The molecule has 2 aliphatic rings. The Morgan fingerprint density at radius 1 is 1.22 bits per heavy atom. The van der Waals surface area contributed by atoms with Gasteiger partial charge in [-0.05, 0) is 65.7 Å². The maximum absolute atomic E-state index is 6.07. The van der Waals surface area contributed by atoms with Crippen molar-refractivity contribution in [3.8, 4) is 0 Å². The van der Waals surface area contributed by atoms with Gasteiger partial charge in [0.05, 0.1) is 5.60 Å². The van der Waals surface area contributed by atoms with E-state index in [1.165, 1.54) is 64.5 Å². The van der Waals surface area contributed by atoms with Gasteiger partial charge in [0.15, 0.2) is 0 Å². The highest BCUT2D eigenvalue weighted by Gasteiger charge is 2.39. The van der Waals surface area contributed by atoms with Crippen molar-refractivity contribution in [1.82, 2.24) is 10.2 Å². The summed E-state index contributed by atoms with van der Waals surface area (Å²) in [7, 11) is 4.30. The molecule has 1 unspecified atom stereocenters. The zero-order chi connectivity index (χ0) is 12.8. The van der Waals surface area contributed by atoms with E-state index in [0.29, 0.717) is 6.04 Å². The van der Waals surface area contributed by atoms with Crippen molar-refractivity contribution in [2.24, 2.45) is 0 Å². The summed E-state index contributed by atoms with van der Waals surface area (Å²) in [5.41, 5.74) is 0.263. The number of nitrogens with one attached hydrogen (secondary N) is 1. The zero-order valence-electron chi connectivity index (χ0n) is 12.2. The quantitative estimate of drug-likeness (QED) is 0.737. The van der Waals surface area contributed by atoms with Gasteiger partial charge >= 0.3 is 0 Å². The summed E-state index contributed by atoms with van der Waals surface area (Å²) in [4.78, 5) is 2.27. The van der Waals surface area contributed by atoms with E-state index < -0.39 is 0 Å². The molecule has 1 aliphatic heterocycles. The number of nitrogens with zero attached hydrogens (tertiary/aromatic N) is 1. The fourth-order valence-electron chi connectivity index (χ4n) is 3.43. The molecule has 0 bridgehead atoms.